The largest absolute Gasteiger partial charge is 0.494 e. The van der Waals surface area contributed by atoms with Crippen molar-refractivity contribution in [1.29, 1.82) is 0 Å². The Morgan fingerprint density at radius 1 is 1.28 bits per heavy atom. The van der Waals surface area contributed by atoms with Crippen molar-refractivity contribution < 1.29 is 18.4 Å². The lowest BCUT2D eigenvalue weighted by molar-refractivity contribution is 0.102. The highest BCUT2D eigenvalue weighted by Gasteiger charge is 2.28. The second kappa shape index (κ2) is 8.33. The van der Waals surface area contributed by atoms with Gasteiger partial charge >= 0.3 is 0 Å². The number of alkyl halides is 1. The number of amides is 1. The fraction of sp³-hybridized carbons (Fsp3) is 0.476. The lowest BCUT2D eigenvalue weighted by Crippen LogP contribution is -2.19. The molecule has 2 aromatic heterocycles. The minimum Gasteiger partial charge on any atom is -0.494 e. The summed E-state index contributed by atoms with van der Waals surface area (Å²) in [7, 11) is 1.56. The van der Waals surface area contributed by atoms with Gasteiger partial charge in [0.2, 0.25) is 0 Å². The Hall–Kier alpha value is -2.10. The zero-order chi connectivity index (χ0) is 20.5. The molecule has 29 heavy (non-hydrogen) atoms. The van der Waals surface area contributed by atoms with Crippen molar-refractivity contribution >= 4 is 45.3 Å². The molecule has 1 unspecified atom stereocenters. The van der Waals surface area contributed by atoms with Gasteiger partial charge in [-0.15, -0.1) is 0 Å². The standard InChI is InChI=1S/C21H24IN3O4/c1-11(22)13-4-6-14(7-5-13)21-25-16-8-18(27-3)15(9-19(16)29-21)24-20(26)17-10-28-12(2)23-17/h8-11,13-14H,4-7H2,1-3H3,(H,24,26)/t11?,13-,14-. The number of fused-ring (bicyclic) bond motifs is 1. The first kappa shape index (κ1) is 20.2. The van der Waals surface area contributed by atoms with Crippen molar-refractivity contribution in [2.75, 3.05) is 12.4 Å². The third kappa shape index (κ3) is 4.26. The van der Waals surface area contributed by atoms with Crippen LogP contribution in [0.4, 0.5) is 5.69 Å². The molecule has 1 fully saturated rings. The van der Waals surface area contributed by atoms with E-state index in [4.69, 9.17) is 18.6 Å². The SMILES string of the molecule is COc1cc2nc([C@H]3CC[C@H](C(C)I)CC3)oc2cc1NC(=O)c1coc(C)n1. The third-order valence-corrected chi connectivity index (χ3v) is 6.61. The number of halogens is 1. The van der Waals surface area contributed by atoms with Crippen molar-refractivity contribution in [3.05, 3.63) is 35.9 Å². The van der Waals surface area contributed by atoms with E-state index >= 15 is 0 Å². The van der Waals surface area contributed by atoms with Crippen LogP contribution in [0, 0.1) is 12.8 Å². The van der Waals surface area contributed by atoms with E-state index in [1.54, 1.807) is 26.2 Å². The normalized spacial score (nSPS) is 20.6. The van der Waals surface area contributed by atoms with Crippen molar-refractivity contribution in [2.45, 2.75) is 49.4 Å². The van der Waals surface area contributed by atoms with Gasteiger partial charge in [0.25, 0.3) is 5.91 Å². The summed E-state index contributed by atoms with van der Waals surface area (Å²) in [4.78, 5) is 21.2. The zero-order valence-electron chi connectivity index (χ0n) is 16.7. The highest BCUT2D eigenvalue weighted by atomic mass is 127. The molecule has 0 spiro atoms. The monoisotopic (exact) mass is 509 g/mol. The molecule has 7 nitrogen and oxygen atoms in total. The summed E-state index contributed by atoms with van der Waals surface area (Å²) in [6, 6.07) is 3.55. The molecular formula is C21H24IN3O4. The molecule has 1 N–H and O–H groups in total. The van der Waals surface area contributed by atoms with Crippen LogP contribution < -0.4 is 10.1 Å². The van der Waals surface area contributed by atoms with Crippen LogP contribution in [0.3, 0.4) is 0 Å². The van der Waals surface area contributed by atoms with Gasteiger partial charge < -0.3 is 18.9 Å². The van der Waals surface area contributed by atoms with E-state index in [0.29, 0.717) is 32.8 Å². The van der Waals surface area contributed by atoms with E-state index < -0.39 is 0 Å². The van der Waals surface area contributed by atoms with Crippen molar-refractivity contribution in [2.24, 2.45) is 5.92 Å². The highest BCUT2D eigenvalue weighted by molar-refractivity contribution is 14.1. The summed E-state index contributed by atoms with van der Waals surface area (Å²) in [6.07, 6.45) is 5.92. The van der Waals surface area contributed by atoms with Gasteiger partial charge in [0.05, 0.1) is 12.8 Å². The average molecular weight is 509 g/mol. The van der Waals surface area contributed by atoms with Crippen LogP contribution in [0.2, 0.25) is 0 Å². The molecule has 4 rings (SSSR count). The number of carbonyl (C=O) groups excluding carboxylic acids is 1. The van der Waals surface area contributed by atoms with Gasteiger partial charge in [0.15, 0.2) is 23.1 Å². The second-order valence-electron chi connectivity index (χ2n) is 7.57. The Labute approximate surface area is 182 Å². The van der Waals surface area contributed by atoms with Crippen LogP contribution in [0.15, 0.2) is 27.2 Å². The molecule has 1 aliphatic carbocycles. The van der Waals surface area contributed by atoms with E-state index in [1.165, 1.54) is 19.1 Å². The third-order valence-electron chi connectivity index (χ3n) is 5.60. The molecule has 8 heteroatoms. The molecule has 1 saturated carbocycles. The molecule has 1 aromatic carbocycles. The van der Waals surface area contributed by atoms with Gasteiger partial charge in [-0.25, -0.2) is 9.97 Å². The molecule has 3 aromatic rings. The summed E-state index contributed by atoms with van der Waals surface area (Å²) in [5.41, 5.74) is 2.09. The molecule has 2 heterocycles. The number of hydrogen-bond acceptors (Lipinski definition) is 6. The minimum absolute atomic E-state index is 0.212. The fourth-order valence-electron chi connectivity index (χ4n) is 3.89. The van der Waals surface area contributed by atoms with Gasteiger partial charge in [-0.1, -0.05) is 29.5 Å². The van der Waals surface area contributed by atoms with E-state index in [9.17, 15) is 4.79 Å². The molecule has 154 valence electrons. The first-order valence-electron chi connectivity index (χ1n) is 9.80. The first-order valence-corrected chi connectivity index (χ1v) is 11.0. The Morgan fingerprint density at radius 3 is 2.66 bits per heavy atom. The Bertz CT molecular complexity index is 1020. The van der Waals surface area contributed by atoms with Crippen LogP contribution in [0.1, 0.15) is 60.8 Å². The topological polar surface area (TPSA) is 90.4 Å². The molecule has 1 atom stereocenters. The maximum atomic E-state index is 12.4. The molecule has 0 saturated heterocycles. The molecule has 1 amide bonds. The highest BCUT2D eigenvalue weighted by Crippen LogP contribution is 2.40. The maximum Gasteiger partial charge on any atom is 0.277 e. The van der Waals surface area contributed by atoms with Crippen LogP contribution in [0.5, 0.6) is 5.75 Å². The second-order valence-corrected chi connectivity index (χ2v) is 9.53. The molecule has 0 radical (unpaired) electrons. The van der Waals surface area contributed by atoms with E-state index in [-0.39, 0.29) is 11.6 Å². The average Bonchev–Trinajstić information content (AvgIpc) is 3.33. The first-order chi connectivity index (χ1) is 13.9. The van der Waals surface area contributed by atoms with E-state index in [2.05, 4.69) is 39.8 Å². The van der Waals surface area contributed by atoms with Crippen molar-refractivity contribution in [3.8, 4) is 5.75 Å². The summed E-state index contributed by atoms with van der Waals surface area (Å²) in [5, 5.41) is 2.82. The number of ether oxygens (including phenoxy) is 1. The summed E-state index contributed by atoms with van der Waals surface area (Å²) < 4.78 is 17.3. The summed E-state index contributed by atoms with van der Waals surface area (Å²) in [6.45, 7) is 3.97. The van der Waals surface area contributed by atoms with Crippen LogP contribution in [-0.2, 0) is 0 Å². The number of hydrogen-bond donors (Lipinski definition) is 1. The predicted octanol–water partition coefficient (Wildman–Crippen LogP) is 5.48. The number of nitrogens with one attached hydrogen (secondary N) is 1. The van der Waals surface area contributed by atoms with Gasteiger partial charge in [-0.2, -0.15) is 0 Å². The van der Waals surface area contributed by atoms with Gasteiger partial charge in [-0.3, -0.25) is 4.79 Å². The van der Waals surface area contributed by atoms with Crippen LogP contribution in [-0.4, -0.2) is 26.9 Å². The van der Waals surface area contributed by atoms with Crippen LogP contribution in [0.25, 0.3) is 11.1 Å². The van der Waals surface area contributed by atoms with Crippen molar-refractivity contribution in [1.82, 2.24) is 9.97 Å². The number of aryl methyl sites for hydroxylation is 1. The Kier molecular flexibility index (Phi) is 5.80. The molecule has 0 aliphatic heterocycles. The Balaban J connectivity index is 1.56. The number of nitrogens with zero attached hydrogens (tertiary/aromatic N) is 2. The van der Waals surface area contributed by atoms with Crippen LogP contribution >= 0.6 is 22.6 Å². The van der Waals surface area contributed by atoms with E-state index in [1.807, 2.05) is 0 Å². The lowest BCUT2D eigenvalue weighted by atomic mass is 9.81. The molecular weight excluding hydrogens is 485 g/mol. The molecule has 0 bridgehead atoms. The summed E-state index contributed by atoms with van der Waals surface area (Å²) >= 11 is 2.52. The van der Waals surface area contributed by atoms with Gasteiger partial charge in [-0.05, 0) is 31.6 Å². The number of benzene rings is 1. The number of rotatable bonds is 5. The summed E-state index contributed by atoms with van der Waals surface area (Å²) in [5.74, 6) is 2.48. The van der Waals surface area contributed by atoms with E-state index in [0.717, 1.165) is 30.2 Å². The fourth-order valence-corrected chi connectivity index (χ4v) is 4.61. The zero-order valence-corrected chi connectivity index (χ0v) is 18.9. The van der Waals surface area contributed by atoms with Crippen molar-refractivity contribution in [3.63, 3.8) is 0 Å². The number of methoxy groups -OCH3 is 1. The quantitative estimate of drug-likeness (QED) is 0.362. The number of carbonyl (C=O) groups is 1. The maximum absolute atomic E-state index is 12.4. The smallest absolute Gasteiger partial charge is 0.277 e. The van der Waals surface area contributed by atoms with Gasteiger partial charge in [0, 0.05) is 28.9 Å². The molecule has 1 aliphatic rings. The minimum atomic E-state index is -0.370. The predicted molar refractivity (Wildman–Crippen MR) is 118 cm³/mol. The lowest BCUT2D eigenvalue weighted by Gasteiger charge is -2.28. The van der Waals surface area contributed by atoms with Gasteiger partial charge in [0.1, 0.15) is 17.5 Å². The number of anilines is 1. The number of aromatic nitrogens is 2. The number of oxazole rings is 2. The Morgan fingerprint density at radius 2 is 2.03 bits per heavy atom.